The van der Waals surface area contributed by atoms with Crippen LogP contribution in [-0.4, -0.2) is 48.4 Å². The number of thiophene rings is 1. The fourth-order valence-corrected chi connectivity index (χ4v) is 4.32. The third-order valence-corrected chi connectivity index (χ3v) is 5.76. The average Bonchev–Trinajstić information content (AvgIpc) is 3.16. The Labute approximate surface area is 172 Å². The van der Waals surface area contributed by atoms with E-state index in [1.165, 1.54) is 6.92 Å². The van der Waals surface area contributed by atoms with Crippen LogP contribution in [0.1, 0.15) is 17.4 Å². The van der Waals surface area contributed by atoms with Crippen LogP contribution in [0.5, 0.6) is 0 Å². The number of carbonyl (C=O) groups is 1. The fraction of sp³-hybridized carbons (Fsp3) is 0.300. The number of amides is 1. The maximum atomic E-state index is 11.3. The van der Waals surface area contributed by atoms with Crippen molar-refractivity contribution < 1.29 is 9.53 Å². The van der Waals surface area contributed by atoms with Gasteiger partial charge in [-0.15, -0.1) is 11.3 Å². The number of nitrogens with two attached hydrogens (primary N) is 1. The van der Waals surface area contributed by atoms with Gasteiger partial charge >= 0.3 is 0 Å². The largest absolute Gasteiger partial charge is 0.378 e. The van der Waals surface area contributed by atoms with Crippen molar-refractivity contribution in [3.05, 3.63) is 40.8 Å². The Morgan fingerprint density at radius 3 is 2.90 bits per heavy atom. The van der Waals surface area contributed by atoms with Crippen molar-refractivity contribution in [3.8, 4) is 11.4 Å². The molecule has 150 valence electrons. The van der Waals surface area contributed by atoms with E-state index in [4.69, 9.17) is 20.5 Å². The number of anilines is 1. The van der Waals surface area contributed by atoms with Crippen molar-refractivity contribution in [3.63, 3.8) is 0 Å². The lowest BCUT2D eigenvalue weighted by molar-refractivity contribution is -0.119. The van der Waals surface area contributed by atoms with Crippen LogP contribution in [-0.2, 0) is 16.1 Å². The zero-order chi connectivity index (χ0) is 20.2. The Hall–Kier alpha value is -3.04. The number of hydrogen-bond acceptors (Lipinski definition) is 8. The van der Waals surface area contributed by atoms with Crippen LogP contribution in [0.2, 0.25) is 0 Å². The van der Waals surface area contributed by atoms with E-state index in [-0.39, 0.29) is 5.91 Å². The molecule has 4 rings (SSSR count). The minimum absolute atomic E-state index is 0.0577. The summed E-state index contributed by atoms with van der Waals surface area (Å²) in [4.78, 5) is 24.3. The molecule has 3 heterocycles. The molecule has 0 radical (unpaired) electrons. The minimum atomic E-state index is -0.0577. The molecule has 0 saturated carbocycles. The Morgan fingerprint density at radius 2 is 2.14 bits per heavy atom. The first kappa shape index (κ1) is 19.3. The van der Waals surface area contributed by atoms with Crippen LogP contribution in [0.25, 0.3) is 21.6 Å². The molecule has 8 nitrogen and oxygen atoms in total. The number of benzene rings is 1. The third kappa shape index (κ3) is 4.20. The lowest BCUT2D eigenvalue weighted by Gasteiger charge is -2.28. The molecule has 1 fully saturated rings. The Balaban J connectivity index is 1.84. The number of nitrogens with one attached hydrogen (secondary N) is 1. The second kappa shape index (κ2) is 8.54. The van der Waals surface area contributed by atoms with Gasteiger partial charge in [-0.05, 0) is 6.07 Å². The van der Waals surface area contributed by atoms with Gasteiger partial charge in [-0.2, -0.15) is 5.10 Å². The third-order valence-electron chi connectivity index (χ3n) is 4.64. The molecule has 1 aromatic carbocycles. The highest BCUT2D eigenvalue weighted by molar-refractivity contribution is 7.19. The summed E-state index contributed by atoms with van der Waals surface area (Å²) in [6, 6.07) is 9.79. The topological polar surface area (TPSA) is 106 Å². The van der Waals surface area contributed by atoms with E-state index in [1.807, 2.05) is 30.3 Å². The highest BCUT2D eigenvalue weighted by Gasteiger charge is 2.20. The van der Waals surface area contributed by atoms with Gasteiger partial charge < -0.3 is 20.8 Å². The molecule has 0 bridgehead atoms. The number of ether oxygens (including phenoxy) is 1. The predicted molar refractivity (Wildman–Crippen MR) is 115 cm³/mol. The van der Waals surface area contributed by atoms with Crippen molar-refractivity contribution in [1.82, 2.24) is 15.3 Å². The summed E-state index contributed by atoms with van der Waals surface area (Å²) in [6.45, 7) is 4.88. The summed E-state index contributed by atoms with van der Waals surface area (Å²) in [6.07, 6.45) is 1.60. The van der Waals surface area contributed by atoms with Crippen LogP contribution in [0.4, 0.5) is 5.82 Å². The SMILES string of the molecule is CC(=O)NCc1cc2nc(-c3ccccc3/C=N\N)nc(N3CCOCC3)c2s1. The van der Waals surface area contributed by atoms with E-state index in [9.17, 15) is 4.79 Å². The van der Waals surface area contributed by atoms with Crippen molar-refractivity contribution >= 4 is 39.5 Å². The van der Waals surface area contributed by atoms with Crippen LogP contribution in [0.15, 0.2) is 35.4 Å². The Morgan fingerprint density at radius 1 is 1.34 bits per heavy atom. The van der Waals surface area contributed by atoms with Crippen molar-refractivity contribution in [2.75, 3.05) is 31.2 Å². The Kier molecular flexibility index (Phi) is 5.68. The molecule has 3 aromatic rings. The van der Waals surface area contributed by atoms with Crippen LogP contribution in [0.3, 0.4) is 0 Å². The van der Waals surface area contributed by atoms with Gasteiger partial charge in [-0.3, -0.25) is 4.79 Å². The van der Waals surface area contributed by atoms with E-state index in [1.54, 1.807) is 17.6 Å². The number of carbonyl (C=O) groups excluding carboxylic acids is 1. The summed E-state index contributed by atoms with van der Waals surface area (Å²) in [7, 11) is 0. The molecule has 0 atom stereocenters. The first-order chi connectivity index (χ1) is 14.2. The van der Waals surface area contributed by atoms with Gasteiger partial charge in [0.2, 0.25) is 5.91 Å². The molecule has 1 saturated heterocycles. The second-order valence-electron chi connectivity index (χ2n) is 6.67. The molecular weight excluding hydrogens is 388 g/mol. The smallest absolute Gasteiger partial charge is 0.217 e. The number of fused-ring (bicyclic) bond motifs is 1. The quantitative estimate of drug-likeness (QED) is 0.379. The van der Waals surface area contributed by atoms with E-state index in [0.29, 0.717) is 25.6 Å². The highest BCUT2D eigenvalue weighted by Crippen LogP contribution is 2.35. The number of rotatable bonds is 5. The van der Waals surface area contributed by atoms with E-state index < -0.39 is 0 Å². The fourth-order valence-electron chi connectivity index (χ4n) is 3.27. The standard InChI is InChI=1S/C20H22N6O2S/c1-13(27)22-12-15-10-17-18(29-15)20(26-6-8-28-9-7-26)25-19(24-17)16-5-3-2-4-14(16)11-23-21/h2-5,10-11H,6-9,12,21H2,1H3,(H,22,27)/b23-11-. The maximum Gasteiger partial charge on any atom is 0.217 e. The lowest BCUT2D eigenvalue weighted by atomic mass is 10.1. The summed E-state index contributed by atoms with van der Waals surface area (Å²) >= 11 is 1.61. The van der Waals surface area contributed by atoms with E-state index in [0.717, 1.165) is 45.1 Å². The van der Waals surface area contributed by atoms with Gasteiger partial charge in [0, 0.05) is 36.0 Å². The number of morpholine rings is 1. The van der Waals surface area contributed by atoms with Gasteiger partial charge in [0.05, 0.1) is 36.2 Å². The van der Waals surface area contributed by atoms with Crippen LogP contribution >= 0.6 is 11.3 Å². The molecule has 9 heteroatoms. The van der Waals surface area contributed by atoms with Crippen LogP contribution < -0.4 is 16.1 Å². The van der Waals surface area contributed by atoms with Gasteiger partial charge in [0.25, 0.3) is 0 Å². The summed E-state index contributed by atoms with van der Waals surface area (Å²) in [5.74, 6) is 6.84. The van der Waals surface area contributed by atoms with Gasteiger partial charge in [-0.25, -0.2) is 9.97 Å². The monoisotopic (exact) mass is 410 g/mol. The van der Waals surface area contributed by atoms with Gasteiger partial charge in [0.1, 0.15) is 0 Å². The van der Waals surface area contributed by atoms with Gasteiger partial charge in [0.15, 0.2) is 11.6 Å². The summed E-state index contributed by atoms with van der Waals surface area (Å²) in [5, 5.41) is 6.52. The van der Waals surface area contributed by atoms with E-state index >= 15 is 0 Å². The van der Waals surface area contributed by atoms with Crippen LogP contribution in [0, 0.1) is 0 Å². The number of nitrogens with zero attached hydrogens (tertiary/aromatic N) is 4. The first-order valence-corrected chi connectivity index (χ1v) is 10.2. The summed E-state index contributed by atoms with van der Waals surface area (Å²) in [5.41, 5.74) is 2.59. The average molecular weight is 411 g/mol. The Bertz CT molecular complexity index is 1060. The molecule has 2 aromatic heterocycles. The number of hydrogen-bond donors (Lipinski definition) is 2. The first-order valence-electron chi connectivity index (χ1n) is 9.36. The maximum absolute atomic E-state index is 11.3. The lowest BCUT2D eigenvalue weighted by Crippen LogP contribution is -2.36. The van der Waals surface area contributed by atoms with E-state index in [2.05, 4.69) is 15.3 Å². The minimum Gasteiger partial charge on any atom is -0.378 e. The number of aromatic nitrogens is 2. The second-order valence-corrected chi connectivity index (χ2v) is 7.81. The molecule has 0 unspecified atom stereocenters. The summed E-state index contributed by atoms with van der Waals surface area (Å²) < 4.78 is 6.52. The van der Waals surface area contributed by atoms with Crippen molar-refractivity contribution in [2.45, 2.75) is 13.5 Å². The van der Waals surface area contributed by atoms with Gasteiger partial charge in [-0.1, -0.05) is 24.3 Å². The molecule has 0 spiro atoms. The molecular formula is C20H22N6O2S. The highest BCUT2D eigenvalue weighted by atomic mass is 32.1. The number of hydrazone groups is 1. The zero-order valence-corrected chi connectivity index (χ0v) is 16.9. The predicted octanol–water partition coefficient (Wildman–Crippen LogP) is 2.12. The molecule has 1 aliphatic heterocycles. The zero-order valence-electron chi connectivity index (χ0n) is 16.1. The molecule has 0 aliphatic carbocycles. The molecule has 29 heavy (non-hydrogen) atoms. The molecule has 1 amide bonds. The molecule has 3 N–H and O–H groups in total. The normalized spacial score (nSPS) is 14.6. The van der Waals surface area contributed by atoms with Crippen molar-refractivity contribution in [2.24, 2.45) is 10.9 Å². The van der Waals surface area contributed by atoms with Crippen molar-refractivity contribution in [1.29, 1.82) is 0 Å². The molecule has 1 aliphatic rings.